The van der Waals surface area contributed by atoms with Gasteiger partial charge in [0.05, 0.1) is 6.07 Å². The Kier molecular flexibility index (Phi) is 7.36. The van der Waals surface area contributed by atoms with Crippen LogP contribution in [0.3, 0.4) is 0 Å². The monoisotopic (exact) mass is 225 g/mol. The van der Waals surface area contributed by atoms with Crippen LogP contribution in [-0.2, 0) is 0 Å². The van der Waals surface area contributed by atoms with Crippen molar-refractivity contribution in [1.82, 2.24) is 10.2 Å². The summed E-state index contributed by atoms with van der Waals surface area (Å²) in [5.41, 5.74) is -0.353. The zero-order valence-electron chi connectivity index (χ0n) is 11.5. The normalized spacial score (nSPS) is 15.1. The Bertz CT molecular complexity index is 220. The van der Waals surface area contributed by atoms with Crippen molar-refractivity contribution in [2.24, 2.45) is 0 Å². The number of nitrogens with one attached hydrogen (secondary N) is 1. The number of hydrogen-bond donors (Lipinski definition) is 1. The highest BCUT2D eigenvalue weighted by atomic mass is 15.1. The fraction of sp³-hybridized carbons (Fsp3) is 0.923. The predicted molar refractivity (Wildman–Crippen MR) is 69.3 cm³/mol. The van der Waals surface area contributed by atoms with E-state index in [1.165, 1.54) is 0 Å². The van der Waals surface area contributed by atoms with Gasteiger partial charge in [-0.3, -0.25) is 5.32 Å². The maximum Gasteiger partial charge on any atom is 0.103 e. The first-order valence-corrected chi connectivity index (χ1v) is 6.31. The van der Waals surface area contributed by atoms with E-state index in [0.29, 0.717) is 6.04 Å². The summed E-state index contributed by atoms with van der Waals surface area (Å²) in [6, 6.07) is 2.97. The molecule has 1 N–H and O–H groups in total. The van der Waals surface area contributed by atoms with Crippen molar-refractivity contribution < 1.29 is 0 Å². The van der Waals surface area contributed by atoms with Crippen molar-refractivity contribution in [2.45, 2.75) is 58.5 Å². The Morgan fingerprint density at radius 3 is 2.50 bits per heavy atom. The van der Waals surface area contributed by atoms with Gasteiger partial charge in [0.25, 0.3) is 0 Å². The smallest absolute Gasteiger partial charge is 0.103 e. The molecule has 16 heavy (non-hydrogen) atoms. The highest BCUT2D eigenvalue weighted by Crippen LogP contribution is 2.12. The van der Waals surface area contributed by atoms with E-state index >= 15 is 0 Å². The molecule has 0 saturated heterocycles. The van der Waals surface area contributed by atoms with Crippen molar-refractivity contribution >= 4 is 0 Å². The van der Waals surface area contributed by atoms with E-state index in [1.807, 2.05) is 6.92 Å². The van der Waals surface area contributed by atoms with Crippen LogP contribution in [0, 0.1) is 11.3 Å². The standard InChI is InChI=1S/C13H27N3/c1-6-9-15-13(4,11-14)8-7-10-16(5)12(2)3/h12,15H,6-10H2,1-5H3. The number of hydrogen-bond acceptors (Lipinski definition) is 3. The molecule has 0 aromatic carbocycles. The lowest BCUT2D eigenvalue weighted by molar-refractivity contribution is 0.257. The molecule has 0 spiro atoms. The Hall–Kier alpha value is -0.590. The first kappa shape index (κ1) is 15.4. The molecule has 0 aliphatic carbocycles. The van der Waals surface area contributed by atoms with Crippen molar-refractivity contribution in [3.05, 3.63) is 0 Å². The number of nitriles is 1. The van der Waals surface area contributed by atoms with Crippen LogP contribution in [0.4, 0.5) is 0 Å². The van der Waals surface area contributed by atoms with Gasteiger partial charge in [0.2, 0.25) is 0 Å². The maximum absolute atomic E-state index is 9.16. The Labute approximate surface area is 101 Å². The highest BCUT2D eigenvalue weighted by molar-refractivity contribution is 5.03. The van der Waals surface area contributed by atoms with Gasteiger partial charge in [-0.2, -0.15) is 5.26 Å². The molecular weight excluding hydrogens is 198 g/mol. The van der Waals surface area contributed by atoms with Crippen LogP contribution in [0.2, 0.25) is 0 Å². The minimum absolute atomic E-state index is 0.353. The molecule has 0 bridgehead atoms. The van der Waals surface area contributed by atoms with E-state index in [9.17, 15) is 0 Å². The molecule has 0 heterocycles. The van der Waals surface area contributed by atoms with E-state index in [-0.39, 0.29) is 5.54 Å². The second-order valence-corrected chi connectivity index (χ2v) is 5.05. The van der Waals surface area contributed by atoms with Crippen LogP contribution in [-0.4, -0.2) is 36.6 Å². The molecule has 0 fully saturated rings. The quantitative estimate of drug-likeness (QED) is 0.689. The van der Waals surface area contributed by atoms with Gasteiger partial charge in [-0.05, 0) is 60.2 Å². The van der Waals surface area contributed by atoms with Gasteiger partial charge in [0.15, 0.2) is 0 Å². The van der Waals surface area contributed by atoms with E-state index < -0.39 is 0 Å². The lowest BCUT2D eigenvalue weighted by atomic mass is 9.97. The third-order valence-corrected chi connectivity index (χ3v) is 3.08. The molecule has 3 heteroatoms. The van der Waals surface area contributed by atoms with Crippen molar-refractivity contribution in [3.8, 4) is 6.07 Å². The molecule has 0 saturated carbocycles. The summed E-state index contributed by atoms with van der Waals surface area (Å²) in [6.07, 6.45) is 3.05. The summed E-state index contributed by atoms with van der Waals surface area (Å²) >= 11 is 0. The lowest BCUT2D eigenvalue weighted by Gasteiger charge is -2.26. The molecule has 1 unspecified atom stereocenters. The number of rotatable bonds is 8. The van der Waals surface area contributed by atoms with Gasteiger partial charge in [0, 0.05) is 6.04 Å². The Morgan fingerprint density at radius 1 is 1.44 bits per heavy atom. The molecule has 0 aliphatic heterocycles. The third-order valence-electron chi connectivity index (χ3n) is 3.08. The first-order valence-electron chi connectivity index (χ1n) is 6.31. The first-order chi connectivity index (χ1) is 7.45. The molecule has 0 aromatic rings. The second kappa shape index (κ2) is 7.65. The molecule has 94 valence electrons. The van der Waals surface area contributed by atoms with E-state index in [2.05, 4.69) is 44.1 Å². The molecule has 1 atom stereocenters. The minimum Gasteiger partial charge on any atom is -0.304 e. The lowest BCUT2D eigenvalue weighted by Crippen LogP contribution is -2.42. The summed E-state index contributed by atoms with van der Waals surface area (Å²) in [6.45, 7) is 10.5. The van der Waals surface area contributed by atoms with Crippen molar-refractivity contribution in [2.75, 3.05) is 20.1 Å². The Morgan fingerprint density at radius 2 is 2.06 bits per heavy atom. The minimum atomic E-state index is -0.353. The predicted octanol–water partition coefficient (Wildman–Crippen LogP) is 2.39. The van der Waals surface area contributed by atoms with Crippen LogP contribution in [0.5, 0.6) is 0 Å². The average Bonchev–Trinajstić information content (AvgIpc) is 2.26. The van der Waals surface area contributed by atoms with E-state index in [4.69, 9.17) is 5.26 Å². The number of nitrogens with zero attached hydrogens (tertiary/aromatic N) is 2. The van der Waals surface area contributed by atoms with Crippen molar-refractivity contribution in [1.29, 1.82) is 5.26 Å². The molecule has 0 aromatic heterocycles. The zero-order chi connectivity index (χ0) is 12.6. The van der Waals surface area contributed by atoms with Crippen LogP contribution in [0.1, 0.15) is 47.0 Å². The molecule has 0 aliphatic rings. The SMILES string of the molecule is CCCNC(C)(C#N)CCCN(C)C(C)C. The molecular formula is C13H27N3. The maximum atomic E-state index is 9.16. The summed E-state index contributed by atoms with van der Waals surface area (Å²) in [7, 11) is 2.13. The van der Waals surface area contributed by atoms with Crippen LogP contribution < -0.4 is 5.32 Å². The summed E-state index contributed by atoms with van der Waals surface area (Å²) in [5, 5.41) is 12.5. The molecule has 3 nitrogen and oxygen atoms in total. The fourth-order valence-electron chi connectivity index (χ4n) is 1.52. The third kappa shape index (κ3) is 6.09. The van der Waals surface area contributed by atoms with Gasteiger partial charge in [-0.25, -0.2) is 0 Å². The Balaban J connectivity index is 3.92. The fourth-order valence-corrected chi connectivity index (χ4v) is 1.52. The summed E-state index contributed by atoms with van der Waals surface area (Å²) in [4.78, 5) is 2.32. The van der Waals surface area contributed by atoms with Crippen molar-refractivity contribution in [3.63, 3.8) is 0 Å². The largest absolute Gasteiger partial charge is 0.304 e. The summed E-state index contributed by atoms with van der Waals surface area (Å²) < 4.78 is 0. The second-order valence-electron chi connectivity index (χ2n) is 5.05. The van der Waals surface area contributed by atoms with Crippen LogP contribution in [0.15, 0.2) is 0 Å². The molecule has 0 radical (unpaired) electrons. The van der Waals surface area contributed by atoms with Gasteiger partial charge >= 0.3 is 0 Å². The van der Waals surface area contributed by atoms with Crippen LogP contribution in [0.25, 0.3) is 0 Å². The average molecular weight is 225 g/mol. The van der Waals surface area contributed by atoms with E-state index in [0.717, 1.165) is 32.4 Å². The topological polar surface area (TPSA) is 39.1 Å². The van der Waals surface area contributed by atoms with Gasteiger partial charge in [-0.15, -0.1) is 0 Å². The van der Waals surface area contributed by atoms with Gasteiger partial charge in [0.1, 0.15) is 5.54 Å². The zero-order valence-corrected chi connectivity index (χ0v) is 11.5. The molecule has 0 amide bonds. The van der Waals surface area contributed by atoms with E-state index in [1.54, 1.807) is 0 Å². The van der Waals surface area contributed by atoms with Gasteiger partial charge < -0.3 is 4.90 Å². The summed E-state index contributed by atoms with van der Waals surface area (Å²) in [5.74, 6) is 0. The highest BCUT2D eigenvalue weighted by Gasteiger charge is 2.22. The molecule has 0 rings (SSSR count). The van der Waals surface area contributed by atoms with Crippen LogP contribution >= 0.6 is 0 Å². The van der Waals surface area contributed by atoms with Gasteiger partial charge in [-0.1, -0.05) is 6.92 Å².